The van der Waals surface area contributed by atoms with Crippen molar-refractivity contribution in [2.24, 2.45) is 0 Å². The summed E-state index contributed by atoms with van der Waals surface area (Å²) >= 11 is 0. The molecule has 0 rings (SSSR count). The maximum Gasteiger partial charge on any atom is 0.266 e. The molecule has 0 aromatic heterocycles. The summed E-state index contributed by atoms with van der Waals surface area (Å²) in [6.45, 7) is 2.29. The third-order valence-electron chi connectivity index (χ3n) is 4.76. The number of unbranched alkanes of at least 4 members (excludes halogenated alkanes) is 11. The second kappa shape index (κ2) is 17.2. The summed E-state index contributed by atoms with van der Waals surface area (Å²) in [4.78, 5) is 13.2. The van der Waals surface area contributed by atoms with E-state index in [0.29, 0.717) is 6.42 Å². The van der Waals surface area contributed by atoms with Crippen molar-refractivity contribution in [3.8, 4) is 0 Å². The van der Waals surface area contributed by atoms with Crippen LogP contribution < -0.4 is 0 Å². The average Bonchev–Trinajstić information content (AvgIpc) is 2.62. The minimum absolute atomic E-state index is 0.0444. The van der Waals surface area contributed by atoms with Crippen molar-refractivity contribution in [1.29, 1.82) is 0 Å². The van der Waals surface area contributed by atoms with Crippen LogP contribution in [0.2, 0.25) is 0 Å². The standard InChI is InChI=1S/C21H41NO4S/c1-3-4-5-6-7-8-9-10-11-12-13-14-15-16-17-18-21(23)22(2)19-20-27(24,25)26/h10-11H,3-9,12-20H2,1-2H3,(H,24,25,26)/b11-10-. The Labute approximate surface area is 167 Å². The minimum Gasteiger partial charge on any atom is -0.345 e. The van der Waals surface area contributed by atoms with Gasteiger partial charge >= 0.3 is 0 Å². The first-order valence-electron chi connectivity index (χ1n) is 10.7. The summed E-state index contributed by atoms with van der Waals surface area (Å²) in [5.41, 5.74) is 0. The van der Waals surface area contributed by atoms with Crippen LogP contribution in [0.15, 0.2) is 12.2 Å². The fraction of sp³-hybridized carbons (Fsp3) is 0.857. The number of nitrogens with zero attached hydrogens (tertiary/aromatic N) is 1. The van der Waals surface area contributed by atoms with Crippen LogP contribution in [0, 0.1) is 0 Å². The SMILES string of the molecule is CCCCCCCC/C=C\CCCCCCCC(=O)N(C)CCS(=O)(=O)O. The zero-order valence-electron chi connectivity index (χ0n) is 17.5. The summed E-state index contributed by atoms with van der Waals surface area (Å²) < 4.78 is 30.1. The highest BCUT2D eigenvalue weighted by Crippen LogP contribution is 2.10. The van der Waals surface area contributed by atoms with Crippen molar-refractivity contribution in [2.45, 2.75) is 96.8 Å². The quantitative estimate of drug-likeness (QED) is 0.190. The van der Waals surface area contributed by atoms with Crippen molar-refractivity contribution in [3.63, 3.8) is 0 Å². The van der Waals surface area contributed by atoms with Crippen molar-refractivity contribution in [1.82, 2.24) is 4.90 Å². The van der Waals surface area contributed by atoms with Gasteiger partial charge in [-0.3, -0.25) is 9.35 Å². The Morgan fingerprint density at radius 1 is 0.852 bits per heavy atom. The van der Waals surface area contributed by atoms with Gasteiger partial charge in [-0.1, -0.05) is 70.4 Å². The van der Waals surface area contributed by atoms with E-state index in [1.165, 1.54) is 62.7 Å². The first-order chi connectivity index (χ1) is 12.9. The summed E-state index contributed by atoms with van der Waals surface area (Å²) in [5, 5.41) is 0. The molecule has 0 saturated heterocycles. The lowest BCUT2D eigenvalue weighted by molar-refractivity contribution is -0.129. The van der Waals surface area contributed by atoms with E-state index in [4.69, 9.17) is 4.55 Å². The topological polar surface area (TPSA) is 74.7 Å². The maximum absolute atomic E-state index is 11.8. The summed E-state index contributed by atoms with van der Waals surface area (Å²) in [7, 11) is -2.43. The molecule has 0 aliphatic carbocycles. The Balaban J connectivity index is 3.41. The number of hydrogen-bond donors (Lipinski definition) is 1. The Kier molecular flexibility index (Phi) is 16.7. The van der Waals surface area contributed by atoms with Gasteiger partial charge in [0.1, 0.15) is 0 Å². The predicted octanol–water partition coefficient (Wildman–Crippen LogP) is 5.37. The fourth-order valence-corrected chi connectivity index (χ4v) is 3.42. The van der Waals surface area contributed by atoms with Crippen LogP contribution in [0.1, 0.15) is 96.8 Å². The zero-order valence-corrected chi connectivity index (χ0v) is 18.3. The molecule has 160 valence electrons. The van der Waals surface area contributed by atoms with E-state index in [1.54, 1.807) is 7.05 Å². The molecule has 27 heavy (non-hydrogen) atoms. The molecule has 1 amide bonds. The molecule has 0 fully saturated rings. The van der Waals surface area contributed by atoms with Gasteiger partial charge in [-0.25, -0.2) is 0 Å². The van der Waals surface area contributed by atoms with E-state index < -0.39 is 15.9 Å². The number of amides is 1. The number of carbonyl (C=O) groups is 1. The van der Waals surface area contributed by atoms with Crippen molar-refractivity contribution in [2.75, 3.05) is 19.3 Å². The molecule has 5 nitrogen and oxygen atoms in total. The molecule has 0 unspecified atom stereocenters. The summed E-state index contributed by atoms with van der Waals surface area (Å²) in [5.74, 6) is -0.460. The normalized spacial score (nSPS) is 12.0. The Bertz CT molecular complexity index is 488. The van der Waals surface area contributed by atoms with Gasteiger partial charge in [0, 0.05) is 20.0 Å². The van der Waals surface area contributed by atoms with Crippen molar-refractivity contribution >= 4 is 16.0 Å². The van der Waals surface area contributed by atoms with Crippen LogP contribution in [-0.2, 0) is 14.9 Å². The highest BCUT2D eigenvalue weighted by Gasteiger charge is 2.12. The van der Waals surface area contributed by atoms with Crippen LogP contribution in [0.3, 0.4) is 0 Å². The first-order valence-corrected chi connectivity index (χ1v) is 12.3. The van der Waals surface area contributed by atoms with E-state index >= 15 is 0 Å². The molecule has 0 spiro atoms. The average molecular weight is 404 g/mol. The highest BCUT2D eigenvalue weighted by atomic mass is 32.2. The fourth-order valence-electron chi connectivity index (χ4n) is 2.91. The molecule has 0 bridgehead atoms. The van der Waals surface area contributed by atoms with E-state index in [1.807, 2.05) is 0 Å². The Morgan fingerprint density at radius 2 is 1.33 bits per heavy atom. The van der Waals surface area contributed by atoms with Gasteiger partial charge < -0.3 is 4.90 Å². The van der Waals surface area contributed by atoms with Gasteiger partial charge in [0.05, 0.1) is 5.75 Å². The molecule has 0 atom stereocenters. The Hall–Kier alpha value is -0.880. The lowest BCUT2D eigenvalue weighted by Crippen LogP contribution is -2.31. The number of carbonyl (C=O) groups excluding carboxylic acids is 1. The predicted molar refractivity (Wildman–Crippen MR) is 114 cm³/mol. The zero-order chi connectivity index (χ0) is 20.4. The van der Waals surface area contributed by atoms with Crippen molar-refractivity contribution < 1.29 is 17.8 Å². The molecule has 0 aliphatic heterocycles. The van der Waals surface area contributed by atoms with Gasteiger partial charge in [0.25, 0.3) is 10.1 Å². The lowest BCUT2D eigenvalue weighted by atomic mass is 10.1. The first kappa shape index (κ1) is 26.1. The molecule has 1 N–H and O–H groups in total. The third kappa shape index (κ3) is 19.7. The molecule has 6 heteroatoms. The van der Waals surface area contributed by atoms with Crippen LogP contribution >= 0.6 is 0 Å². The van der Waals surface area contributed by atoms with Crippen LogP contribution in [0.4, 0.5) is 0 Å². The van der Waals surface area contributed by atoms with Crippen LogP contribution in [0.25, 0.3) is 0 Å². The molecule has 0 radical (unpaired) electrons. The number of hydrogen-bond acceptors (Lipinski definition) is 3. The van der Waals surface area contributed by atoms with Crippen molar-refractivity contribution in [3.05, 3.63) is 12.2 Å². The van der Waals surface area contributed by atoms with Gasteiger partial charge in [-0.2, -0.15) is 8.42 Å². The van der Waals surface area contributed by atoms with E-state index in [0.717, 1.165) is 25.7 Å². The third-order valence-corrected chi connectivity index (χ3v) is 5.46. The minimum atomic E-state index is -4.00. The smallest absolute Gasteiger partial charge is 0.266 e. The van der Waals surface area contributed by atoms with Crippen LogP contribution in [-0.4, -0.2) is 43.1 Å². The highest BCUT2D eigenvalue weighted by molar-refractivity contribution is 7.85. The monoisotopic (exact) mass is 403 g/mol. The molecule has 0 aromatic rings. The van der Waals surface area contributed by atoms with Gasteiger partial charge in [-0.15, -0.1) is 0 Å². The van der Waals surface area contributed by atoms with Gasteiger partial charge in [0.15, 0.2) is 0 Å². The summed E-state index contributed by atoms with van der Waals surface area (Å²) in [6.07, 6.45) is 20.9. The van der Waals surface area contributed by atoms with E-state index in [2.05, 4.69) is 19.1 Å². The lowest BCUT2D eigenvalue weighted by Gasteiger charge is -2.16. The summed E-state index contributed by atoms with van der Waals surface area (Å²) in [6, 6.07) is 0. The van der Waals surface area contributed by atoms with Crippen LogP contribution in [0.5, 0.6) is 0 Å². The molecule has 0 saturated carbocycles. The Morgan fingerprint density at radius 3 is 1.85 bits per heavy atom. The van der Waals surface area contributed by atoms with E-state index in [9.17, 15) is 13.2 Å². The maximum atomic E-state index is 11.8. The molecular weight excluding hydrogens is 362 g/mol. The van der Waals surface area contributed by atoms with Gasteiger partial charge in [-0.05, 0) is 32.1 Å². The van der Waals surface area contributed by atoms with E-state index in [-0.39, 0.29) is 12.5 Å². The largest absolute Gasteiger partial charge is 0.345 e. The molecule has 0 aliphatic rings. The molecule has 0 aromatic carbocycles. The second-order valence-electron chi connectivity index (χ2n) is 7.44. The van der Waals surface area contributed by atoms with Gasteiger partial charge in [0.2, 0.25) is 5.91 Å². The number of rotatable bonds is 18. The number of allylic oxidation sites excluding steroid dienone is 2. The molecular formula is C21H41NO4S. The second-order valence-corrected chi connectivity index (χ2v) is 9.01. The molecule has 0 heterocycles.